The summed E-state index contributed by atoms with van der Waals surface area (Å²) in [6, 6.07) is 5.44. The predicted octanol–water partition coefficient (Wildman–Crippen LogP) is 1.36. The van der Waals surface area contributed by atoms with E-state index in [0.717, 1.165) is 51.1 Å². The van der Waals surface area contributed by atoms with Crippen LogP contribution < -0.4 is 15.5 Å². The van der Waals surface area contributed by atoms with E-state index in [1.165, 1.54) is 7.11 Å². The summed E-state index contributed by atoms with van der Waals surface area (Å²) in [4.78, 5) is 43.3. The highest BCUT2D eigenvalue weighted by Crippen LogP contribution is 2.32. The van der Waals surface area contributed by atoms with Gasteiger partial charge in [0.05, 0.1) is 18.5 Å². The molecule has 0 aromatic heterocycles. The molecule has 2 N–H and O–H groups in total. The molecule has 1 aliphatic carbocycles. The smallest absolute Gasteiger partial charge is 0.411 e. The lowest BCUT2D eigenvalue weighted by Crippen LogP contribution is -2.46. The Balaban J connectivity index is 1.53. The zero-order valence-corrected chi connectivity index (χ0v) is 18.1. The first-order valence-corrected chi connectivity index (χ1v) is 11.1. The molecule has 2 heterocycles. The number of ether oxygens (including phenoxy) is 1. The van der Waals surface area contributed by atoms with Crippen molar-refractivity contribution in [2.24, 2.45) is 5.92 Å². The number of nitrogens with zero attached hydrogens (tertiary/aromatic N) is 3. The Morgan fingerprint density at radius 1 is 1.00 bits per heavy atom. The van der Waals surface area contributed by atoms with Gasteiger partial charge in [-0.25, -0.2) is 4.79 Å². The molecule has 4 rings (SSSR count). The number of amides is 3. The van der Waals surface area contributed by atoms with Crippen molar-refractivity contribution in [1.29, 1.82) is 0 Å². The van der Waals surface area contributed by atoms with Crippen molar-refractivity contribution < 1.29 is 19.1 Å². The Hall–Kier alpha value is -2.81. The minimum atomic E-state index is -0.576. The van der Waals surface area contributed by atoms with Crippen LogP contribution >= 0.6 is 0 Å². The third-order valence-electron chi connectivity index (χ3n) is 6.14. The van der Waals surface area contributed by atoms with E-state index < -0.39 is 6.09 Å². The van der Waals surface area contributed by atoms with E-state index >= 15 is 0 Å². The van der Waals surface area contributed by atoms with Crippen LogP contribution in [0.15, 0.2) is 18.2 Å². The summed E-state index contributed by atoms with van der Waals surface area (Å²) in [5, 5.41) is 6.02. The molecule has 1 aromatic rings. The van der Waals surface area contributed by atoms with Gasteiger partial charge in [0.25, 0.3) is 5.91 Å². The van der Waals surface area contributed by atoms with Gasteiger partial charge in [-0.15, -0.1) is 0 Å². The zero-order chi connectivity index (χ0) is 21.8. The molecule has 3 amide bonds. The molecule has 3 fully saturated rings. The number of carbonyl (C=O) groups excluding carboxylic acids is 3. The average Bonchev–Trinajstić information content (AvgIpc) is 3.66. The number of hydrogen-bond acceptors (Lipinski definition) is 6. The van der Waals surface area contributed by atoms with Gasteiger partial charge in [0.1, 0.15) is 0 Å². The van der Waals surface area contributed by atoms with Gasteiger partial charge in [-0.2, -0.15) is 0 Å². The lowest BCUT2D eigenvalue weighted by Gasteiger charge is -2.29. The third kappa shape index (κ3) is 5.10. The number of carbonyl (C=O) groups is 3. The maximum Gasteiger partial charge on any atom is 0.411 e. The van der Waals surface area contributed by atoms with E-state index in [4.69, 9.17) is 4.74 Å². The summed E-state index contributed by atoms with van der Waals surface area (Å²) in [5.41, 5.74) is 1.93. The lowest BCUT2D eigenvalue weighted by molar-refractivity contribution is -0.132. The van der Waals surface area contributed by atoms with Crippen molar-refractivity contribution in [3.8, 4) is 0 Å². The minimum Gasteiger partial charge on any atom is -0.453 e. The number of anilines is 2. The van der Waals surface area contributed by atoms with Gasteiger partial charge < -0.3 is 24.8 Å². The highest BCUT2D eigenvalue weighted by molar-refractivity contribution is 5.98. The Bertz CT molecular complexity index is 835. The molecule has 0 unspecified atom stereocenters. The van der Waals surface area contributed by atoms with Crippen LogP contribution in [0, 0.1) is 5.92 Å². The van der Waals surface area contributed by atoms with Crippen LogP contribution in [0.3, 0.4) is 0 Å². The van der Waals surface area contributed by atoms with Crippen molar-refractivity contribution in [2.45, 2.75) is 19.3 Å². The van der Waals surface area contributed by atoms with E-state index in [9.17, 15) is 14.4 Å². The maximum atomic E-state index is 12.9. The van der Waals surface area contributed by atoms with Crippen molar-refractivity contribution in [2.75, 3.05) is 69.7 Å². The SMILES string of the molecule is COC(=O)Nc1cc(C(=O)N2CCNCC2)ccc1N1CCCN(C(=O)C2CC2)CC1. The first kappa shape index (κ1) is 21.4. The fourth-order valence-electron chi connectivity index (χ4n) is 4.22. The molecule has 2 aliphatic heterocycles. The van der Waals surface area contributed by atoms with Gasteiger partial charge in [-0.3, -0.25) is 14.9 Å². The molecule has 1 saturated carbocycles. The van der Waals surface area contributed by atoms with E-state index in [0.29, 0.717) is 37.4 Å². The van der Waals surface area contributed by atoms with Crippen LogP contribution in [0.2, 0.25) is 0 Å². The van der Waals surface area contributed by atoms with Crippen LogP contribution in [-0.4, -0.2) is 87.2 Å². The molecule has 0 radical (unpaired) electrons. The molecule has 1 aromatic carbocycles. The van der Waals surface area contributed by atoms with Crippen molar-refractivity contribution in [1.82, 2.24) is 15.1 Å². The maximum absolute atomic E-state index is 12.9. The fourth-order valence-corrected chi connectivity index (χ4v) is 4.22. The largest absolute Gasteiger partial charge is 0.453 e. The number of methoxy groups -OCH3 is 1. The highest BCUT2D eigenvalue weighted by Gasteiger charge is 2.34. The standard InChI is InChI=1S/C22H31N5O4/c1-31-22(30)24-18-15-17(21(29)27-11-7-23-8-12-27)5-6-19(18)25-9-2-10-26(14-13-25)20(28)16-3-4-16/h5-6,15-16,23H,2-4,7-14H2,1H3,(H,24,30). The summed E-state index contributed by atoms with van der Waals surface area (Å²) in [6.45, 7) is 5.75. The monoisotopic (exact) mass is 429 g/mol. The summed E-state index contributed by atoms with van der Waals surface area (Å²) < 4.78 is 4.79. The van der Waals surface area contributed by atoms with Crippen LogP contribution in [0.25, 0.3) is 0 Å². The second kappa shape index (κ2) is 9.55. The topological polar surface area (TPSA) is 94.2 Å². The number of piperazine rings is 1. The Morgan fingerprint density at radius 3 is 2.48 bits per heavy atom. The van der Waals surface area contributed by atoms with Gasteiger partial charge in [-0.1, -0.05) is 0 Å². The van der Waals surface area contributed by atoms with E-state index in [-0.39, 0.29) is 17.7 Å². The second-order valence-corrected chi connectivity index (χ2v) is 8.33. The van der Waals surface area contributed by atoms with E-state index in [2.05, 4.69) is 15.5 Å². The molecule has 0 bridgehead atoms. The normalized spacial score (nSPS) is 19.6. The summed E-state index contributed by atoms with van der Waals surface area (Å²) in [7, 11) is 1.32. The van der Waals surface area contributed by atoms with E-state index in [1.54, 1.807) is 6.07 Å². The average molecular weight is 430 g/mol. The van der Waals surface area contributed by atoms with Crippen LogP contribution in [0.4, 0.5) is 16.2 Å². The number of hydrogen-bond donors (Lipinski definition) is 2. The Labute approximate surface area is 182 Å². The van der Waals surface area contributed by atoms with Gasteiger partial charge in [0, 0.05) is 63.8 Å². The molecule has 2 saturated heterocycles. The molecule has 0 atom stereocenters. The Morgan fingerprint density at radius 2 is 1.77 bits per heavy atom. The third-order valence-corrected chi connectivity index (χ3v) is 6.14. The van der Waals surface area contributed by atoms with Crippen molar-refractivity contribution >= 4 is 29.3 Å². The summed E-state index contributed by atoms with van der Waals surface area (Å²) in [5.74, 6) is 0.447. The second-order valence-electron chi connectivity index (χ2n) is 8.33. The quantitative estimate of drug-likeness (QED) is 0.751. The highest BCUT2D eigenvalue weighted by atomic mass is 16.5. The molecular formula is C22H31N5O4. The molecule has 9 heteroatoms. The molecule has 9 nitrogen and oxygen atoms in total. The summed E-state index contributed by atoms with van der Waals surface area (Å²) in [6.07, 6.45) is 2.30. The first-order valence-electron chi connectivity index (χ1n) is 11.1. The lowest BCUT2D eigenvalue weighted by atomic mass is 10.1. The fraction of sp³-hybridized carbons (Fsp3) is 0.591. The van der Waals surface area contributed by atoms with Gasteiger partial charge in [0.15, 0.2) is 0 Å². The zero-order valence-electron chi connectivity index (χ0n) is 18.1. The van der Waals surface area contributed by atoms with Gasteiger partial charge in [-0.05, 0) is 37.5 Å². The van der Waals surface area contributed by atoms with E-state index in [1.807, 2.05) is 21.9 Å². The number of benzene rings is 1. The summed E-state index contributed by atoms with van der Waals surface area (Å²) >= 11 is 0. The molecular weight excluding hydrogens is 398 g/mol. The van der Waals surface area contributed by atoms with Gasteiger partial charge >= 0.3 is 6.09 Å². The molecule has 168 valence electrons. The van der Waals surface area contributed by atoms with Crippen molar-refractivity contribution in [3.63, 3.8) is 0 Å². The Kier molecular flexibility index (Phi) is 6.60. The van der Waals surface area contributed by atoms with Gasteiger partial charge in [0.2, 0.25) is 5.91 Å². The number of rotatable bonds is 4. The molecule has 31 heavy (non-hydrogen) atoms. The number of nitrogens with one attached hydrogen (secondary N) is 2. The van der Waals surface area contributed by atoms with Crippen LogP contribution in [0.5, 0.6) is 0 Å². The molecule has 3 aliphatic rings. The minimum absolute atomic E-state index is 0.0435. The first-order chi connectivity index (χ1) is 15.1. The molecule has 0 spiro atoms. The van der Waals surface area contributed by atoms with Crippen LogP contribution in [0.1, 0.15) is 29.6 Å². The van der Waals surface area contributed by atoms with Crippen LogP contribution in [-0.2, 0) is 9.53 Å². The van der Waals surface area contributed by atoms with Crippen molar-refractivity contribution in [3.05, 3.63) is 23.8 Å². The predicted molar refractivity (Wildman–Crippen MR) is 117 cm³/mol.